The number of aliphatic hydroxyl groups is 1. The zero-order chi connectivity index (χ0) is 21.3. The first-order chi connectivity index (χ1) is 13.8. The molecule has 2 rings (SSSR count). The van der Waals surface area contributed by atoms with Gasteiger partial charge in [0.1, 0.15) is 6.10 Å². The Labute approximate surface area is 169 Å². The van der Waals surface area contributed by atoms with E-state index in [1.807, 2.05) is 6.08 Å². The minimum Gasteiger partial charge on any atom is -0.481 e. The fourth-order valence-electron chi connectivity index (χ4n) is 3.25. The van der Waals surface area contributed by atoms with Crippen molar-refractivity contribution in [3.8, 4) is 0 Å². The Bertz CT molecular complexity index is 734. The summed E-state index contributed by atoms with van der Waals surface area (Å²) in [5.74, 6) is -4.34. The molecule has 0 radical (unpaired) electrons. The van der Waals surface area contributed by atoms with Gasteiger partial charge in [0, 0.05) is 24.9 Å². The van der Waals surface area contributed by atoms with Gasteiger partial charge in [-0.3, -0.25) is 9.59 Å². The highest BCUT2D eigenvalue weighted by Crippen LogP contribution is 2.32. The lowest BCUT2D eigenvalue weighted by Gasteiger charge is -2.33. The summed E-state index contributed by atoms with van der Waals surface area (Å²) in [5.41, 5.74) is -0.266. The number of nitrogens with zero attached hydrogens (tertiary/aromatic N) is 1. The molecule has 7 heteroatoms. The molecule has 1 aromatic carbocycles. The van der Waals surface area contributed by atoms with E-state index in [1.165, 1.54) is 30.3 Å². The first-order valence-electron chi connectivity index (χ1n) is 9.78. The highest BCUT2D eigenvalue weighted by molar-refractivity contribution is 5.77. The van der Waals surface area contributed by atoms with Crippen molar-refractivity contribution in [2.75, 3.05) is 6.54 Å². The summed E-state index contributed by atoms with van der Waals surface area (Å²) in [6, 6.07) is 6.78. The molecule has 1 aromatic rings. The molecule has 0 aliphatic carbocycles. The van der Waals surface area contributed by atoms with E-state index in [0.29, 0.717) is 38.6 Å². The molecule has 1 aliphatic rings. The minimum absolute atomic E-state index is 0.0644. The maximum absolute atomic E-state index is 14.4. The quantitative estimate of drug-likeness (QED) is 0.456. The van der Waals surface area contributed by atoms with Gasteiger partial charge < -0.3 is 15.1 Å². The van der Waals surface area contributed by atoms with Crippen LogP contribution >= 0.6 is 0 Å². The number of amides is 1. The lowest BCUT2D eigenvalue weighted by Crippen LogP contribution is -2.43. The van der Waals surface area contributed by atoms with Crippen molar-refractivity contribution in [2.45, 2.75) is 56.6 Å². The smallest absolute Gasteiger partial charge is 0.303 e. The number of halogens is 2. The third-order valence-corrected chi connectivity index (χ3v) is 4.89. The molecule has 29 heavy (non-hydrogen) atoms. The number of carboxylic acids is 1. The van der Waals surface area contributed by atoms with Gasteiger partial charge >= 0.3 is 11.9 Å². The molecule has 0 spiro atoms. The molecule has 1 amide bonds. The number of hydrogen-bond acceptors (Lipinski definition) is 3. The summed E-state index contributed by atoms with van der Waals surface area (Å²) in [6.45, 7) is 0.325. The van der Waals surface area contributed by atoms with Crippen LogP contribution in [0.1, 0.15) is 44.1 Å². The van der Waals surface area contributed by atoms with Gasteiger partial charge in [-0.25, -0.2) is 0 Å². The Morgan fingerprint density at radius 1 is 1.28 bits per heavy atom. The van der Waals surface area contributed by atoms with Gasteiger partial charge in [-0.2, -0.15) is 8.78 Å². The average Bonchev–Trinajstić information content (AvgIpc) is 2.70. The standard InChI is InChI=1S/C22H27F2NO4/c23-22(24,17-9-4-3-5-10-17)19(26)15-14-18-11-8-12-20(27)25(18)16-7-2-1-6-13-21(28)29/h2-5,7,9-10,14-15,18-19,26H,1,6,8,11-13,16H2,(H,28,29)/b7-2-,15-14+/t18-,19-/m1/s1. The Kier molecular flexibility index (Phi) is 8.51. The molecule has 1 saturated heterocycles. The fraction of sp³-hybridized carbons (Fsp3) is 0.455. The van der Waals surface area contributed by atoms with Gasteiger partial charge in [-0.05, 0) is 25.7 Å². The van der Waals surface area contributed by atoms with E-state index < -0.39 is 18.0 Å². The average molecular weight is 407 g/mol. The molecule has 2 atom stereocenters. The number of aliphatic carboxylic acids is 1. The summed E-state index contributed by atoms with van der Waals surface area (Å²) >= 11 is 0. The van der Waals surface area contributed by atoms with Crippen LogP contribution in [-0.2, 0) is 15.5 Å². The molecule has 1 aliphatic heterocycles. The van der Waals surface area contributed by atoms with Crippen molar-refractivity contribution in [3.05, 3.63) is 60.2 Å². The van der Waals surface area contributed by atoms with Crippen LogP contribution in [-0.4, -0.2) is 45.7 Å². The second-order valence-electron chi connectivity index (χ2n) is 7.08. The van der Waals surface area contributed by atoms with Gasteiger partial charge in [0.2, 0.25) is 5.91 Å². The van der Waals surface area contributed by atoms with Crippen molar-refractivity contribution < 1.29 is 28.6 Å². The van der Waals surface area contributed by atoms with Crippen LogP contribution < -0.4 is 0 Å². The highest BCUT2D eigenvalue weighted by atomic mass is 19.3. The number of carbonyl (C=O) groups excluding carboxylic acids is 1. The maximum atomic E-state index is 14.4. The van der Waals surface area contributed by atoms with Gasteiger partial charge in [0.15, 0.2) is 0 Å². The zero-order valence-electron chi connectivity index (χ0n) is 16.2. The number of carbonyl (C=O) groups is 2. The van der Waals surface area contributed by atoms with Crippen LogP contribution in [0.3, 0.4) is 0 Å². The van der Waals surface area contributed by atoms with E-state index in [4.69, 9.17) is 5.11 Å². The van der Waals surface area contributed by atoms with Crippen LogP contribution in [0.2, 0.25) is 0 Å². The van der Waals surface area contributed by atoms with Gasteiger partial charge in [-0.1, -0.05) is 54.6 Å². The van der Waals surface area contributed by atoms with E-state index in [9.17, 15) is 23.5 Å². The maximum Gasteiger partial charge on any atom is 0.303 e. The Hall–Kier alpha value is -2.54. The first-order valence-corrected chi connectivity index (χ1v) is 9.78. The predicted octanol–water partition coefficient (Wildman–Crippen LogP) is 3.89. The molecule has 5 nitrogen and oxygen atoms in total. The van der Waals surface area contributed by atoms with E-state index in [1.54, 1.807) is 17.0 Å². The second-order valence-corrected chi connectivity index (χ2v) is 7.08. The normalized spacial score (nSPS) is 19.2. The van der Waals surface area contributed by atoms with E-state index in [2.05, 4.69) is 0 Å². The Morgan fingerprint density at radius 2 is 2.00 bits per heavy atom. The second kappa shape index (κ2) is 10.9. The SMILES string of the molecule is O=C(O)CCC/C=C\CN1C(=O)CCC[C@@H]1/C=C/[C@@H](O)C(F)(F)c1ccccc1. The number of allylic oxidation sites excluding steroid dienone is 1. The molecule has 158 valence electrons. The Morgan fingerprint density at radius 3 is 2.69 bits per heavy atom. The molecule has 1 fully saturated rings. The molecular formula is C22H27F2NO4. The van der Waals surface area contributed by atoms with Gasteiger partial charge in [0.05, 0.1) is 6.04 Å². The molecule has 1 heterocycles. The molecule has 0 saturated carbocycles. The molecular weight excluding hydrogens is 380 g/mol. The molecule has 0 unspecified atom stereocenters. The summed E-state index contributed by atoms with van der Waals surface area (Å²) in [4.78, 5) is 24.3. The number of carboxylic acid groups (broad SMARTS) is 1. The van der Waals surface area contributed by atoms with Crippen molar-refractivity contribution in [1.29, 1.82) is 0 Å². The topological polar surface area (TPSA) is 77.8 Å². The van der Waals surface area contributed by atoms with E-state index in [0.717, 1.165) is 6.08 Å². The third-order valence-electron chi connectivity index (χ3n) is 4.89. The summed E-state index contributed by atoms with van der Waals surface area (Å²) < 4.78 is 28.8. The number of piperidine rings is 1. The minimum atomic E-state index is -3.43. The van der Waals surface area contributed by atoms with Gasteiger partial charge in [-0.15, -0.1) is 0 Å². The van der Waals surface area contributed by atoms with Crippen molar-refractivity contribution >= 4 is 11.9 Å². The number of likely N-dealkylation sites (tertiary alicyclic amines) is 1. The molecule has 0 aromatic heterocycles. The van der Waals surface area contributed by atoms with Gasteiger partial charge in [0.25, 0.3) is 0 Å². The number of rotatable bonds is 10. The number of aliphatic hydroxyl groups excluding tert-OH is 1. The van der Waals surface area contributed by atoms with Crippen molar-refractivity contribution in [2.24, 2.45) is 0 Å². The third kappa shape index (κ3) is 6.78. The predicted molar refractivity (Wildman–Crippen MR) is 105 cm³/mol. The monoisotopic (exact) mass is 407 g/mol. The summed E-state index contributed by atoms with van der Waals surface area (Å²) in [7, 11) is 0. The lowest BCUT2D eigenvalue weighted by molar-refractivity contribution is -0.137. The van der Waals surface area contributed by atoms with Crippen LogP contribution in [0, 0.1) is 0 Å². The molecule has 0 bridgehead atoms. The summed E-state index contributed by atoms with van der Waals surface area (Å²) in [6.07, 6.45) is 7.08. The van der Waals surface area contributed by atoms with Crippen LogP contribution in [0.4, 0.5) is 8.78 Å². The summed E-state index contributed by atoms with van der Waals surface area (Å²) in [5, 5.41) is 18.6. The zero-order valence-corrected chi connectivity index (χ0v) is 16.2. The highest BCUT2D eigenvalue weighted by Gasteiger charge is 2.39. The van der Waals surface area contributed by atoms with Crippen molar-refractivity contribution in [3.63, 3.8) is 0 Å². The fourth-order valence-corrected chi connectivity index (χ4v) is 3.25. The van der Waals surface area contributed by atoms with Crippen LogP contribution in [0.25, 0.3) is 0 Å². The number of benzene rings is 1. The van der Waals surface area contributed by atoms with Crippen LogP contribution in [0.15, 0.2) is 54.6 Å². The first kappa shape index (κ1) is 22.7. The van der Waals surface area contributed by atoms with Crippen LogP contribution in [0.5, 0.6) is 0 Å². The number of hydrogen-bond donors (Lipinski definition) is 2. The van der Waals surface area contributed by atoms with E-state index in [-0.39, 0.29) is 23.9 Å². The Balaban J connectivity index is 1.97. The van der Waals surface area contributed by atoms with Crippen molar-refractivity contribution in [1.82, 2.24) is 4.90 Å². The number of alkyl halides is 2. The molecule has 2 N–H and O–H groups in total. The largest absolute Gasteiger partial charge is 0.481 e. The van der Waals surface area contributed by atoms with E-state index >= 15 is 0 Å². The number of unbranched alkanes of at least 4 members (excludes halogenated alkanes) is 1. The lowest BCUT2D eigenvalue weighted by atomic mass is 9.98.